The standard InChI is InChI=1S/C9H9N3O2/c1-5-3-4-10-12-7(9(13)14)6(2)11-8(5)12/h3-4H,1-2H3,(H,13,14). The van der Waals surface area contributed by atoms with E-state index in [1.54, 1.807) is 19.2 Å². The topological polar surface area (TPSA) is 67.5 Å². The first kappa shape index (κ1) is 8.68. The highest BCUT2D eigenvalue weighted by Gasteiger charge is 2.16. The summed E-state index contributed by atoms with van der Waals surface area (Å²) in [7, 11) is 0. The van der Waals surface area contributed by atoms with Gasteiger partial charge in [0.15, 0.2) is 11.3 Å². The monoisotopic (exact) mass is 191 g/mol. The highest BCUT2D eigenvalue weighted by Crippen LogP contribution is 2.13. The zero-order valence-electron chi connectivity index (χ0n) is 7.85. The second kappa shape index (κ2) is 2.80. The zero-order chi connectivity index (χ0) is 10.3. The molecule has 0 aliphatic heterocycles. The third kappa shape index (κ3) is 1.06. The van der Waals surface area contributed by atoms with E-state index in [0.29, 0.717) is 11.3 Å². The third-order valence-electron chi connectivity index (χ3n) is 2.09. The minimum absolute atomic E-state index is 0.128. The molecule has 1 N–H and O–H groups in total. The van der Waals surface area contributed by atoms with Gasteiger partial charge in [0.25, 0.3) is 0 Å². The summed E-state index contributed by atoms with van der Waals surface area (Å²) in [5, 5.41) is 12.9. The third-order valence-corrected chi connectivity index (χ3v) is 2.09. The normalized spacial score (nSPS) is 10.7. The molecule has 0 radical (unpaired) electrons. The molecule has 0 aromatic carbocycles. The zero-order valence-corrected chi connectivity index (χ0v) is 7.85. The molecule has 0 amide bonds. The second-order valence-electron chi connectivity index (χ2n) is 3.10. The Labute approximate surface area is 80.0 Å². The van der Waals surface area contributed by atoms with Gasteiger partial charge in [-0.05, 0) is 25.5 Å². The molecule has 0 saturated heterocycles. The molecular weight excluding hydrogens is 182 g/mol. The van der Waals surface area contributed by atoms with Crippen molar-refractivity contribution in [2.75, 3.05) is 0 Å². The van der Waals surface area contributed by atoms with Crippen LogP contribution in [0.2, 0.25) is 0 Å². The van der Waals surface area contributed by atoms with Crippen molar-refractivity contribution in [2.24, 2.45) is 0 Å². The van der Waals surface area contributed by atoms with E-state index >= 15 is 0 Å². The molecule has 2 aromatic heterocycles. The number of aryl methyl sites for hydroxylation is 2. The highest BCUT2D eigenvalue weighted by atomic mass is 16.4. The summed E-state index contributed by atoms with van der Waals surface area (Å²) in [6, 6.07) is 1.80. The van der Waals surface area contributed by atoms with E-state index in [1.165, 1.54) is 4.52 Å². The molecule has 14 heavy (non-hydrogen) atoms. The van der Waals surface area contributed by atoms with E-state index in [-0.39, 0.29) is 5.69 Å². The predicted octanol–water partition coefficient (Wildman–Crippen LogP) is 1.04. The van der Waals surface area contributed by atoms with Gasteiger partial charge in [0.05, 0.1) is 5.69 Å². The van der Waals surface area contributed by atoms with Crippen molar-refractivity contribution in [1.82, 2.24) is 14.6 Å². The van der Waals surface area contributed by atoms with Crippen molar-refractivity contribution >= 4 is 11.6 Å². The Balaban J connectivity index is 2.90. The summed E-state index contributed by atoms with van der Waals surface area (Å²) in [5.74, 6) is -1.01. The lowest BCUT2D eigenvalue weighted by Gasteiger charge is -1.96. The van der Waals surface area contributed by atoms with Crippen LogP contribution in [0.4, 0.5) is 0 Å². The van der Waals surface area contributed by atoms with Gasteiger partial charge in [-0.1, -0.05) is 0 Å². The SMILES string of the molecule is Cc1nc2c(C)ccnn2c1C(=O)O. The smallest absolute Gasteiger partial charge is 0.356 e. The van der Waals surface area contributed by atoms with Crippen LogP contribution in [0.1, 0.15) is 21.7 Å². The van der Waals surface area contributed by atoms with Crippen LogP contribution in [0, 0.1) is 13.8 Å². The molecule has 0 unspecified atom stereocenters. The lowest BCUT2D eigenvalue weighted by molar-refractivity contribution is 0.0687. The van der Waals surface area contributed by atoms with Crippen LogP contribution in [0.25, 0.3) is 5.65 Å². The summed E-state index contributed by atoms with van der Waals surface area (Å²) < 4.78 is 1.35. The second-order valence-corrected chi connectivity index (χ2v) is 3.10. The first-order chi connectivity index (χ1) is 6.61. The Morgan fingerprint density at radius 2 is 2.21 bits per heavy atom. The van der Waals surface area contributed by atoms with Crippen molar-refractivity contribution in [3.63, 3.8) is 0 Å². The molecular formula is C9H9N3O2. The Kier molecular flexibility index (Phi) is 1.73. The summed E-state index contributed by atoms with van der Waals surface area (Å²) >= 11 is 0. The molecule has 2 aromatic rings. The molecule has 0 spiro atoms. The van der Waals surface area contributed by atoms with E-state index in [9.17, 15) is 4.79 Å². The largest absolute Gasteiger partial charge is 0.476 e. The molecule has 0 fully saturated rings. The maximum absolute atomic E-state index is 10.9. The maximum atomic E-state index is 10.9. The van der Waals surface area contributed by atoms with Crippen molar-refractivity contribution in [2.45, 2.75) is 13.8 Å². The Morgan fingerprint density at radius 1 is 1.50 bits per heavy atom. The summed E-state index contributed by atoms with van der Waals surface area (Å²) in [6.45, 7) is 3.53. The molecule has 0 aliphatic rings. The maximum Gasteiger partial charge on any atom is 0.356 e. The quantitative estimate of drug-likeness (QED) is 0.731. The van der Waals surface area contributed by atoms with E-state index in [0.717, 1.165) is 5.56 Å². The lowest BCUT2D eigenvalue weighted by atomic mass is 10.3. The van der Waals surface area contributed by atoms with Crippen LogP contribution in [-0.2, 0) is 0 Å². The number of nitrogens with zero attached hydrogens (tertiary/aromatic N) is 3. The van der Waals surface area contributed by atoms with E-state index < -0.39 is 5.97 Å². The number of rotatable bonds is 1. The number of aromatic nitrogens is 3. The van der Waals surface area contributed by atoms with Crippen molar-refractivity contribution < 1.29 is 9.90 Å². The molecule has 0 atom stereocenters. The van der Waals surface area contributed by atoms with Crippen LogP contribution < -0.4 is 0 Å². The number of carbonyl (C=O) groups is 1. The van der Waals surface area contributed by atoms with E-state index in [1.807, 2.05) is 6.92 Å². The van der Waals surface area contributed by atoms with Gasteiger partial charge in [-0.2, -0.15) is 5.10 Å². The Morgan fingerprint density at radius 3 is 2.86 bits per heavy atom. The number of carboxylic acids is 1. The summed E-state index contributed by atoms with van der Waals surface area (Å²) in [5.41, 5.74) is 2.13. The van der Waals surface area contributed by atoms with Crippen molar-refractivity contribution in [3.05, 3.63) is 29.2 Å². The van der Waals surface area contributed by atoms with E-state index in [4.69, 9.17) is 5.11 Å². The highest BCUT2D eigenvalue weighted by molar-refractivity contribution is 5.88. The van der Waals surface area contributed by atoms with Crippen molar-refractivity contribution in [1.29, 1.82) is 0 Å². The fourth-order valence-corrected chi connectivity index (χ4v) is 1.42. The van der Waals surface area contributed by atoms with Crippen molar-refractivity contribution in [3.8, 4) is 0 Å². The van der Waals surface area contributed by atoms with Gasteiger partial charge in [0.2, 0.25) is 0 Å². The molecule has 5 heteroatoms. The van der Waals surface area contributed by atoms with Gasteiger partial charge in [-0.3, -0.25) is 0 Å². The average molecular weight is 191 g/mol. The number of hydrogen-bond donors (Lipinski definition) is 1. The minimum atomic E-state index is -1.01. The summed E-state index contributed by atoms with van der Waals surface area (Å²) in [4.78, 5) is 15.1. The van der Waals surface area contributed by atoms with Gasteiger partial charge >= 0.3 is 5.97 Å². The van der Waals surface area contributed by atoms with Gasteiger partial charge in [-0.25, -0.2) is 14.3 Å². The average Bonchev–Trinajstić information content (AvgIpc) is 2.42. The predicted molar refractivity (Wildman–Crippen MR) is 49.4 cm³/mol. The van der Waals surface area contributed by atoms with Crippen LogP contribution >= 0.6 is 0 Å². The van der Waals surface area contributed by atoms with Gasteiger partial charge in [0, 0.05) is 6.20 Å². The fourth-order valence-electron chi connectivity index (χ4n) is 1.42. The first-order valence-corrected chi connectivity index (χ1v) is 4.15. The molecule has 2 rings (SSSR count). The molecule has 0 aliphatic carbocycles. The van der Waals surface area contributed by atoms with Crippen LogP contribution in [0.3, 0.4) is 0 Å². The van der Waals surface area contributed by atoms with Gasteiger partial charge < -0.3 is 5.11 Å². The first-order valence-electron chi connectivity index (χ1n) is 4.15. The molecule has 72 valence electrons. The molecule has 0 saturated carbocycles. The van der Waals surface area contributed by atoms with E-state index in [2.05, 4.69) is 10.1 Å². The lowest BCUT2D eigenvalue weighted by Crippen LogP contribution is -2.05. The molecule has 0 bridgehead atoms. The van der Waals surface area contributed by atoms with Crippen LogP contribution in [0.5, 0.6) is 0 Å². The number of hydrogen-bond acceptors (Lipinski definition) is 3. The summed E-state index contributed by atoms with van der Waals surface area (Å²) in [6.07, 6.45) is 1.57. The number of carboxylic acid groups (broad SMARTS) is 1. The number of aromatic carboxylic acids is 1. The number of imidazole rings is 1. The molecule has 2 heterocycles. The molecule has 5 nitrogen and oxygen atoms in total. The minimum Gasteiger partial charge on any atom is -0.476 e. The fraction of sp³-hybridized carbons (Fsp3) is 0.222. The van der Waals surface area contributed by atoms with Gasteiger partial charge in [-0.15, -0.1) is 0 Å². The Hall–Kier alpha value is -1.91. The van der Waals surface area contributed by atoms with Gasteiger partial charge in [0.1, 0.15) is 0 Å². The Bertz CT molecular complexity index is 516. The van der Waals surface area contributed by atoms with Crippen LogP contribution in [-0.4, -0.2) is 25.7 Å². The van der Waals surface area contributed by atoms with Crippen LogP contribution in [0.15, 0.2) is 12.3 Å². The number of fused-ring (bicyclic) bond motifs is 1.